The smallest absolute Gasteiger partial charge is 0.243 e. The van der Waals surface area contributed by atoms with Crippen molar-refractivity contribution >= 4 is 17.5 Å². The number of hydrogen-bond acceptors (Lipinski definition) is 3. The maximum Gasteiger partial charge on any atom is 0.243 e. The van der Waals surface area contributed by atoms with Crippen molar-refractivity contribution in [2.45, 2.75) is 33.6 Å². The van der Waals surface area contributed by atoms with Crippen LogP contribution in [0.15, 0.2) is 12.1 Å². The number of nitrogens with one attached hydrogen (secondary N) is 2. The molecule has 0 aliphatic heterocycles. The molecule has 0 aliphatic carbocycles. The highest BCUT2D eigenvalue weighted by molar-refractivity contribution is 5.95. The molecule has 1 aromatic rings. The molecule has 5 heteroatoms. The fraction of sp³-hybridized carbons (Fsp3) is 0.529. The third-order valence-electron chi connectivity index (χ3n) is 3.57. The molecule has 1 rings (SSSR count). The van der Waals surface area contributed by atoms with E-state index in [1.54, 1.807) is 7.05 Å². The minimum Gasteiger partial charge on any atom is -0.336 e. The molecule has 0 fully saturated rings. The molecule has 0 radical (unpaired) electrons. The van der Waals surface area contributed by atoms with E-state index < -0.39 is 0 Å². The summed E-state index contributed by atoms with van der Waals surface area (Å²) in [5.41, 5.74) is 4.08. The van der Waals surface area contributed by atoms with Crippen molar-refractivity contribution in [2.75, 3.05) is 32.5 Å². The minimum atomic E-state index is -0.167. The number of rotatable bonds is 7. The van der Waals surface area contributed by atoms with Crippen molar-refractivity contribution in [1.82, 2.24) is 10.2 Å². The SMILES string of the molecule is CNCCCC(=O)N(C)CC(=O)Nc1c(C)cc(C)cc1C. The number of aryl methyl sites for hydroxylation is 3. The first-order valence-corrected chi connectivity index (χ1v) is 7.61. The molecule has 0 aromatic heterocycles. The van der Waals surface area contributed by atoms with Crippen LogP contribution in [0.4, 0.5) is 5.69 Å². The van der Waals surface area contributed by atoms with Crippen LogP contribution in [0, 0.1) is 20.8 Å². The second kappa shape index (κ2) is 8.54. The van der Waals surface area contributed by atoms with Crippen LogP contribution in [0.3, 0.4) is 0 Å². The summed E-state index contributed by atoms with van der Waals surface area (Å²) in [6.45, 7) is 6.85. The van der Waals surface area contributed by atoms with Gasteiger partial charge in [-0.05, 0) is 51.9 Å². The average molecular weight is 305 g/mol. The molecule has 0 unspecified atom stereocenters. The largest absolute Gasteiger partial charge is 0.336 e. The van der Waals surface area contributed by atoms with Crippen molar-refractivity contribution in [3.63, 3.8) is 0 Å². The first-order chi connectivity index (χ1) is 10.3. The van der Waals surface area contributed by atoms with Crippen LogP contribution in [0.2, 0.25) is 0 Å². The number of hydrogen-bond donors (Lipinski definition) is 2. The van der Waals surface area contributed by atoms with Crippen molar-refractivity contribution in [1.29, 1.82) is 0 Å². The maximum atomic E-state index is 12.1. The van der Waals surface area contributed by atoms with Gasteiger partial charge in [0.05, 0.1) is 6.54 Å². The molecule has 122 valence electrons. The first-order valence-electron chi connectivity index (χ1n) is 7.61. The number of amides is 2. The van der Waals surface area contributed by atoms with Gasteiger partial charge in [0.25, 0.3) is 0 Å². The van der Waals surface area contributed by atoms with Crippen molar-refractivity contribution in [2.24, 2.45) is 0 Å². The Hall–Kier alpha value is -1.88. The Balaban J connectivity index is 2.58. The summed E-state index contributed by atoms with van der Waals surface area (Å²) in [6, 6.07) is 4.07. The predicted molar refractivity (Wildman–Crippen MR) is 90.1 cm³/mol. The number of nitrogens with zero attached hydrogens (tertiary/aromatic N) is 1. The third-order valence-corrected chi connectivity index (χ3v) is 3.57. The van der Waals surface area contributed by atoms with Gasteiger partial charge >= 0.3 is 0 Å². The topological polar surface area (TPSA) is 61.4 Å². The Morgan fingerprint density at radius 3 is 2.27 bits per heavy atom. The standard InChI is InChI=1S/C17H27N3O2/c1-12-9-13(2)17(14(3)10-12)19-15(21)11-20(5)16(22)7-6-8-18-4/h9-10,18H,6-8,11H2,1-5H3,(H,19,21). The Kier molecular flexibility index (Phi) is 7.05. The van der Waals surface area contributed by atoms with Gasteiger partial charge in [-0.3, -0.25) is 9.59 Å². The Labute approximate surface area is 133 Å². The Bertz CT molecular complexity index is 518. The monoisotopic (exact) mass is 305 g/mol. The van der Waals surface area contributed by atoms with E-state index in [0.717, 1.165) is 29.8 Å². The fourth-order valence-electron chi connectivity index (χ4n) is 2.47. The normalized spacial score (nSPS) is 10.4. The van der Waals surface area contributed by atoms with E-state index >= 15 is 0 Å². The summed E-state index contributed by atoms with van der Waals surface area (Å²) in [7, 11) is 3.52. The molecule has 2 amide bonds. The van der Waals surface area contributed by atoms with Crippen LogP contribution >= 0.6 is 0 Å². The summed E-state index contributed by atoms with van der Waals surface area (Å²) in [4.78, 5) is 25.5. The Morgan fingerprint density at radius 2 is 1.73 bits per heavy atom. The van der Waals surface area contributed by atoms with Gasteiger partial charge in [0, 0.05) is 19.2 Å². The van der Waals surface area contributed by atoms with Gasteiger partial charge in [0.15, 0.2) is 0 Å². The first kappa shape index (κ1) is 18.2. The molecule has 0 saturated carbocycles. The van der Waals surface area contributed by atoms with E-state index in [2.05, 4.69) is 10.6 Å². The van der Waals surface area contributed by atoms with Gasteiger partial charge in [0.2, 0.25) is 11.8 Å². The summed E-state index contributed by atoms with van der Waals surface area (Å²) >= 11 is 0. The lowest BCUT2D eigenvalue weighted by molar-refractivity contribution is -0.133. The van der Waals surface area contributed by atoms with Gasteiger partial charge in [0.1, 0.15) is 0 Å². The molecular formula is C17H27N3O2. The highest BCUT2D eigenvalue weighted by Gasteiger charge is 2.14. The zero-order chi connectivity index (χ0) is 16.7. The molecular weight excluding hydrogens is 278 g/mol. The van der Waals surface area contributed by atoms with Gasteiger partial charge in [-0.15, -0.1) is 0 Å². The second-order valence-electron chi connectivity index (χ2n) is 5.78. The molecule has 0 heterocycles. The molecule has 2 N–H and O–H groups in total. The lowest BCUT2D eigenvalue weighted by Gasteiger charge is -2.18. The predicted octanol–water partition coefficient (Wildman–Crippen LogP) is 2.01. The molecule has 0 saturated heterocycles. The van der Waals surface area contributed by atoms with Crippen LogP contribution in [0.1, 0.15) is 29.5 Å². The Morgan fingerprint density at radius 1 is 1.14 bits per heavy atom. The average Bonchev–Trinajstić information content (AvgIpc) is 2.42. The molecule has 1 aromatic carbocycles. The van der Waals surface area contributed by atoms with E-state index in [1.165, 1.54) is 10.5 Å². The fourth-order valence-corrected chi connectivity index (χ4v) is 2.47. The van der Waals surface area contributed by atoms with Gasteiger partial charge in [-0.1, -0.05) is 17.7 Å². The number of anilines is 1. The molecule has 5 nitrogen and oxygen atoms in total. The molecule has 0 bridgehead atoms. The third kappa shape index (κ3) is 5.48. The van der Waals surface area contributed by atoms with Crippen LogP contribution in [-0.2, 0) is 9.59 Å². The molecule has 0 atom stereocenters. The number of carbonyl (C=O) groups is 2. The van der Waals surface area contributed by atoms with E-state index in [-0.39, 0.29) is 18.4 Å². The molecule has 0 aliphatic rings. The quantitative estimate of drug-likeness (QED) is 0.758. The zero-order valence-corrected chi connectivity index (χ0v) is 14.2. The van der Waals surface area contributed by atoms with Crippen LogP contribution in [0.5, 0.6) is 0 Å². The lowest BCUT2D eigenvalue weighted by atomic mass is 10.1. The van der Waals surface area contributed by atoms with Gasteiger partial charge in [-0.25, -0.2) is 0 Å². The lowest BCUT2D eigenvalue weighted by Crippen LogP contribution is -2.35. The van der Waals surface area contributed by atoms with Gasteiger partial charge in [-0.2, -0.15) is 0 Å². The number of benzene rings is 1. The van der Waals surface area contributed by atoms with Crippen LogP contribution in [-0.4, -0.2) is 43.9 Å². The number of likely N-dealkylation sites (N-methyl/N-ethyl adjacent to an activating group) is 1. The summed E-state index contributed by atoms with van der Waals surface area (Å²) < 4.78 is 0. The van der Waals surface area contributed by atoms with E-state index in [9.17, 15) is 9.59 Å². The summed E-state index contributed by atoms with van der Waals surface area (Å²) in [5.74, 6) is -0.178. The van der Waals surface area contributed by atoms with E-state index in [0.29, 0.717) is 6.42 Å². The summed E-state index contributed by atoms with van der Waals surface area (Å²) in [6.07, 6.45) is 1.23. The highest BCUT2D eigenvalue weighted by atomic mass is 16.2. The van der Waals surface area contributed by atoms with Crippen molar-refractivity contribution in [3.8, 4) is 0 Å². The molecule has 0 spiro atoms. The van der Waals surface area contributed by atoms with Gasteiger partial charge < -0.3 is 15.5 Å². The highest BCUT2D eigenvalue weighted by Crippen LogP contribution is 2.21. The van der Waals surface area contributed by atoms with Crippen molar-refractivity contribution in [3.05, 3.63) is 28.8 Å². The van der Waals surface area contributed by atoms with Crippen LogP contribution in [0.25, 0.3) is 0 Å². The van der Waals surface area contributed by atoms with E-state index in [4.69, 9.17) is 0 Å². The molecule has 22 heavy (non-hydrogen) atoms. The van der Waals surface area contributed by atoms with E-state index in [1.807, 2.05) is 40.0 Å². The second-order valence-corrected chi connectivity index (χ2v) is 5.78. The van der Waals surface area contributed by atoms with Crippen molar-refractivity contribution < 1.29 is 9.59 Å². The minimum absolute atomic E-state index is 0.0113. The van der Waals surface area contributed by atoms with Crippen LogP contribution < -0.4 is 10.6 Å². The summed E-state index contributed by atoms with van der Waals surface area (Å²) in [5, 5.41) is 5.92. The zero-order valence-electron chi connectivity index (χ0n) is 14.2. The maximum absolute atomic E-state index is 12.1. The number of carbonyl (C=O) groups excluding carboxylic acids is 2.